The summed E-state index contributed by atoms with van der Waals surface area (Å²) in [5, 5.41) is 20.4. The second-order valence-corrected chi connectivity index (χ2v) is 6.34. The van der Waals surface area contributed by atoms with Crippen LogP contribution in [0, 0.1) is 5.92 Å². The molecule has 9 heteroatoms. The minimum absolute atomic E-state index is 0.405. The van der Waals surface area contributed by atoms with E-state index in [1.807, 2.05) is 0 Å². The minimum Gasteiger partial charge on any atom is -0.481 e. The van der Waals surface area contributed by atoms with E-state index < -0.39 is 17.9 Å². The maximum Gasteiger partial charge on any atom is 0.308 e. The first-order valence-electron chi connectivity index (χ1n) is 5.37. The van der Waals surface area contributed by atoms with Crippen molar-refractivity contribution in [3.63, 3.8) is 0 Å². The Morgan fingerprint density at radius 1 is 1.47 bits per heavy atom. The van der Waals surface area contributed by atoms with Crippen LogP contribution in [0.25, 0.3) is 11.4 Å². The molecule has 0 aliphatic heterocycles. The quantitative estimate of drug-likeness (QED) is 0.936. The highest BCUT2D eigenvalue weighted by molar-refractivity contribution is 7.20. The van der Waals surface area contributed by atoms with Gasteiger partial charge in [-0.1, -0.05) is 23.2 Å². The molecule has 0 saturated heterocycles. The van der Waals surface area contributed by atoms with Gasteiger partial charge in [-0.15, -0.1) is 16.4 Å². The van der Waals surface area contributed by atoms with E-state index in [-0.39, 0.29) is 0 Å². The van der Waals surface area contributed by atoms with Gasteiger partial charge in [0.2, 0.25) is 0 Å². The van der Waals surface area contributed by atoms with Crippen molar-refractivity contribution in [1.29, 1.82) is 0 Å². The molecule has 19 heavy (non-hydrogen) atoms. The Balaban J connectivity index is 2.43. The highest BCUT2D eigenvalue weighted by atomic mass is 35.5. The number of hydrogen-bond acceptors (Lipinski definition) is 5. The van der Waals surface area contributed by atoms with Crippen LogP contribution in [0.3, 0.4) is 0 Å². The summed E-state index contributed by atoms with van der Waals surface area (Å²) in [6.45, 7) is 3.33. The van der Waals surface area contributed by atoms with Crippen LogP contribution in [-0.4, -0.2) is 31.3 Å². The molecule has 0 aliphatic carbocycles. The molecule has 2 heterocycles. The number of aromatic nitrogens is 4. The number of carbonyl (C=O) groups is 1. The fourth-order valence-electron chi connectivity index (χ4n) is 1.56. The van der Waals surface area contributed by atoms with Gasteiger partial charge < -0.3 is 5.11 Å². The van der Waals surface area contributed by atoms with Gasteiger partial charge in [0.25, 0.3) is 0 Å². The Labute approximate surface area is 122 Å². The first-order chi connectivity index (χ1) is 8.91. The molecule has 6 nitrogen and oxygen atoms in total. The Morgan fingerprint density at radius 2 is 2.16 bits per heavy atom. The number of carboxylic acids is 1. The summed E-state index contributed by atoms with van der Waals surface area (Å²) in [7, 11) is 0. The molecule has 2 aromatic heterocycles. The topological polar surface area (TPSA) is 80.9 Å². The third-order valence-corrected chi connectivity index (χ3v) is 4.38. The molecule has 2 rings (SSSR count). The number of tetrazole rings is 1. The summed E-state index contributed by atoms with van der Waals surface area (Å²) in [5.41, 5.74) is 0.603. The van der Waals surface area contributed by atoms with E-state index in [1.54, 1.807) is 19.9 Å². The van der Waals surface area contributed by atoms with Gasteiger partial charge in [0.15, 0.2) is 5.82 Å². The lowest BCUT2D eigenvalue weighted by molar-refractivity contribution is -0.142. The van der Waals surface area contributed by atoms with Gasteiger partial charge in [0, 0.05) is 0 Å². The van der Waals surface area contributed by atoms with Gasteiger partial charge >= 0.3 is 5.97 Å². The Kier molecular flexibility index (Phi) is 4.07. The van der Waals surface area contributed by atoms with Crippen molar-refractivity contribution in [2.45, 2.75) is 19.9 Å². The SMILES string of the molecule is CC(C(=O)O)C(C)n1nnnc1-c1cc(Cl)sc1Cl. The standard InChI is InChI=1S/C10H10Cl2N4O2S/c1-4(10(17)18)5(2)16-9(13-14-15-16)6-3-7(11)19-8(6)12/h3-5H,1-2H3,(H,17,18). The van der Waals surface area contributed by atoms with Crippen molar-refractivity contribution in [2.24, 2.45) is 5.92 Å². The van der Waals surface area contributed by atoms with E-state index in [9.17, 15) is 4.79 Å². The molecule has 102 valence electrons. The fraction of sp³-hybridized carbons (Fsp3) is 0.400. The van der Waals surface area contributed by atoms with E-state index >= 15 is 0 Å². The fourth-order valence-corrected chi connectivity index (χ4v) is 3.01. The first-order valence-corrected chi connectivity index (χ1v) is 6.95. The van der Waals surface area contributed by atoms with Gasteiger partial charge in [-0.3, -0.25) is 4.79 Å². The molecule has 2 unspecified atom stereocenters. The molecule has 0 spiro atoms. The van der Waals surface area contributed by atoms with Crippen molar-refractivity contribution < 1.29 is 9.90 Å². The molecule has 0 aliphatic rings. The van der Waals surface area contributed by atoms with Crippen LogP contribution in [0.5, 0.6) is 0 Å². The molecule has 1 N–H and O–H groups in total. The van der Waals surface area contributed by atoms with E-state index in [4.69, 9.17) is 28.3 Å². The lowest BCUT2D eigenvalue weighted by atomic mass is 10.0. The molecule has 0 fully saturated rings. The second kappa shape index (κ2) is 5.44. The predicted molar refractivity (Wildman–Crippen MR) is 72.7 cm³/mol. The van der Waals surface area contributed by atoms with E-state index in [0.29, 0.717) is 20.1 Å². The van der Waals surface area contributed by atoms with Crippen LogP contribution >= 0.6 is 34.5 Å². The monoisotopic (exact) mass is 320 g/mol. The van der Waals surface area contributed by atoms with Gasteiger partial charge in [-0.25, -0.2) is 4.68 Å². The van der Waals surface area contributed by atoms with Crippen molar-refractivity contribution in [2.75, 3.05) is 0 Å². The molecule has 0 bridgehead atoms. The van der Waals surface area contributed by atoms with Crippen molar-refractivity contribution in [3.05, 3.63) is 14.7 Å². The average molecular weight is 321 g/mol. The molecule has 0 amide bonds. The summed E-state index contributed by atoms with van der Waals surface area (Å²) >= 11 is 13.2. The smallest absolute Gasteiger partial charge is 0.308 e. The first kappa shape index (κ1) is 14.2. The lowest BCUT2D eigenvalue weighted by Crippen LogP contribution is -2.23. The highest BCUT2D eigenvalue weighted by Gasteiger charge is 2.26. The predicted octanol–water partition coefficient (Wildman–Crippen LogP) is 2.99. The third-order valence-electron chi connectivity index (χ3n) is 2.89. The Morgan fingerprint density at radius 3 is 2.68 bits per heavy atom. The summed E-state index contributed by atoms with van der Waals surface area (Å²) < 4.78 is 2.44. The molecule has 0 saturated carbocycles. The van der Waals surface area contributed by atoms with Crippen LogP contribution in [0.4, 0.5) is 0 Å². The normalized spacial score (nSPS) is 14.3. The largest absolute Gasteiger partial charge is 0.481 e. The molecule has 2 aromatic rings. The second-order valence-electron chi connectivity index (χ2n) is 4.05. The minimum atomic E-state index is -0.914. The third kappa shape index (κ3) is 2.72. The van der Waals surface area contributed by atoms with Crippen molar-refractivity contribution in [3.8, 4) is 11.4 Å². The Hall–Kier alpha value is -1.18. The summed E-state index contributed by atoms with van der Waals surface area (Å²) in [6, 6.07) is 1.26. The van der Waals surface area contributed by atoms with Crippen LogP contribution in [0.2, 0.25) is 8.67 Å². The summed E-state index contributed by atoms with van der Waals surface area (Å²) in [5.74, 6) is -1.13. The van der Waals surface area contributed by atoms with Gasteiger partial charge in [-0.05, 0) is 30.3 Å². The number of thiophene rings is 1. The van der Waals surface area contributed by atoms with Crippen molar-refractivity contribution >= 4 is 40.5 Å². The molecule has 2 atom stereocenters. The number of aliphatic carboxylic acids is 1. The van der Waals surface area contributed by atoms with Crippen LogP contribution in [0.15, 0.2) is 6.07 Å². The number of nitrogens with zero attached hydrogens (tertiary/aromatic N) is 4. The Bertz CT molecular complexity index is 612. The van der Waals surface area contributed by atoms with Gasteiger partial charge in [0.1, 0.15) is 4.34 Å². The lowest BCUT2D eigenvalue weighted by Gasteiger charge is -2.16. The zero-order chi connectivity index (χ0) is 14.2. The maximum absolute atomic E-state index is 11.0. The van der Waals surface area contributed by atoms with Crippen LogP contribution in [-0.2, 0) is 4.79 Å². The molecule has 0 aromatic carbocycles. The average Bonchev–Trinajstić information content (AvgIpc) is 2.93. The van der Waals surface area contributed by atoms with E-state index in [2.05, 4.69) is 15.5 Å². The molecular weight excluding hydrogens is 311 g/mol. The number of halogens is 2. The number of carboxylic acid groups (broad SMARTS) is 1. The highest BCUT2D eigenvalue weighted by Crippen LogP contribution is 2.38. The molecular formula is C10H10Cl2N4O2S. The van der Waals surface area contributed by atoms with E-state index in [0.717, 1.165) is 0 Å². The van der Waals surface area contributed by atoms with Crippen LogP contribution < -0.4 is 0 Å². The zero-order valence-corrected chi connectivity index (χ0v) is 12.4. The van der Waals surface area contributed by atoms with Crippen LogP contribution in [0.1, 0.15) is 19.9 Å². The zero-order valence-electron chi connectivity index (χ0n) is 10.0. The number of rotatable bonds is 4. The molecule has 0 radical (unpaired) electrons. The van der Waals surface area contributed by atoms with Gasteiger partial charge in [0.05, 0.1) is 21.9 Å². The van der Waals surface area contributed by atoms with E-state index in [1.165, 1.54) is 16.0 Å². The van der Waals surface area contributed by atoms with Gasteiger partial charge in [-0.2, -0.15) is 0 Å². The summed E-state index contributed by atoms with van der Waals surface area (Å²) in [6.07, 6.45) is 0. The summed E-state index contributed by atoms with van der Waals surface area (Å²) in [4.78, 5) is 11.0. The van der Waals surface area contributed by atoms with Crippen molar-refractivity contribution in [1.82, 2.24) is 20.2 Å². The maximum atomic E-state index is 11.0. The number of hydrogen-bond donors (Lipinski definition) is 1.